The second-order valence-corrected chi connectivity index (χ2v) is 3.29. The number of hydrogen-bond acceptors (Lipinski definition) is 4. The summed E-state index contributed by atoms with van der Waals surface area (Å²) in [6.07, 6.45) is 1.35. The molecule has 1 amide bonds. The van der Waals surface area contributed by atoms with Crippen LogP contribution < -0.4 is 11.1 Å². The first-order valence-electron chi connectivity index (χ1n) is 3.96. The summed E-state index contributed by atoms with van der Waals surface area (Å²) in [6, 6.07) is 0. The predicted molar refractivity (Wildman–Crippen MR) is 55.6 cm³/mol. The van der Waals surface area contributed by atoms with Crippen molar-refractivity contribution in [2.45, 2.75) is 6.92 Å². The lowest BCUT2D eigenvalue weighted by atomic mass is 10.2. The standard InChI is InChI=1S/C7H11N5OS/c1-4(5(8)14)6(13)11-7-9-3-10-12(7)2/h3-4H,1-2H3,(H2,8,14)(H,9,10,11,13). The van der Waals surface area contributed by atoms with E-state index in [2.05, 4.69) is 15.4 Å². The number of aromatic nitrogens is 3. The molecule has 0 aromatic carbocycles. The van der Waals surface area contributed by atoms with E-state index < -0.39 is 5.92 Å². The zero-order valence-electron chi connectivity index (χ0n) is 7.89. The van der Waals surface area contributed by atoms with Gasteiger partial charge in [-0.3, -0.25) is 10.1 Å². The number of carbonyl (C=O) groups is 1. The van der Waals surface area contributed by atoms with Crippen molar-refractivity contribution in [3.63, 3.8) is 0 Å². The number of amides is 1. The van der Waals surface area contributed by atoms with Crippen molar-refractivity contribution in [1.29, 1.82) is 0 Å². The molecule has 7 heteroatoms. The lowest BCUT2D eigenvalue weighted by Gasteiger charge is -2.08. The van der Waals surface area contributed by atoms with Crippen LogP contribution in [0.4, 0.5) is 5.95 Å². The number of nitrogens with two attached hydrogens (primary N) is 1. The van der Waals surface area contributed by atoms with Gasteiger partial charge >= 0.3 is 0 Å². The number of anilines is 1. The van der Waals surface area contributed by atoms with E-state index in [1.54, 1.807) is 14.0 Å². The second kappa shape index (κ2) is 4.14. The van der Waals surface area contributed by atoms with Crippen molar-refractivity contribution in [3.05, 3.63) is 6.33 Å². The largest absolute Gasteiger partial charge is 0.393 e. The highest BCUT2D eigenvalue weighted by Crippen LogP contribution is 2.03. The SMILES string of the molecule is CC(C(=O)Nc1ncnn1C)C(N)=S. The monoisotopic (exact) mass is 213 g/mol. The van der Waals surface area contributed by atoms with Crippen LogP contribution in [0.2, 0.25) is 0 Å². The maximum Gasteiger partial charge on any atom is 0.236 e. The number of hydrogen-bond donors (Lipinski definition) is 2. The Bertz CT molecular complexity index is 361. The highest BCUT2D eigenvalue weighted by Gasteiger charge is 2.16. The molecule has 1 rings (SSSR count). The fourth-order valence-electron chi connectivity index (χ4n) is 0.757. The molecule has 0 spiro atoms. The van der Waals surface area contributed by atoms with Gasteiger partial charge in [0.25, 0.3) is 0 Å². The third kappa shape index (κ3) is 2.25. The molecule has 0 radical (unpaired) electrons. The molecule has 0 aliphatic rings. The molecule has 0 bridgehead atoms. The molecule has 76 valence electrons. The van der Waals surface area contributed by atoms with Gasteiger partial charge in [0.15, 0.2) is 0 Å². The van der Waals surface area contributed by atoms with Crippen LogP contribution in [0, 0.1) is 5.92 Å². The fourth-order valence-corrected chi connectivity index (χ4v) is 0.864. The van der Waals surface area contributed by atoms with Gasteiger partial charge in [-0.1, -0.05) is 12.2 Å². The molecule has 0 saturated carbocycles. The summed E-state index contributed by atoms with van der Waals surface area (Å²) in [4.78, 5) is 15.4. The van der Waals surface area contributed by atoms with Crippen molar-refractivity contribution in [2.75, 3.05) is 5.32 Å². The van der Waals surface area contributed by atoms with E-state index in [4.69, 9.17) is 18.0 Å². The van der Waals surface area contributed by atoms with Crippen LogP contribution >= 0.6 is 12.2 Å². The smallest absolute Gasteiger partial charge is 0.236 e. The van der Waals surface area contributed by atoms with Gasteiger partial charge < -0.3 is 5.73 Å². The van der Waals surface area contributed by atoms with E-state index >= 15 is 0 Å². The van der Waals surface area contributed by atoms with Crippen LogP contribution in [0.5, 0.6) is 0 Å². The zero-order valence-corrected chi connectivity index (χ0v) is 8.71. The molecule has 1 unspecified atom stereocenters. The lowest BCUT2D eigenvalue weighted by molar-refractivity contribution is -0.117. The average molecular weight is 213 g/mol. The van der Waals surface area contributed by atoms with Gasteiger partial charge in [-0.05, 0) is 6.92 Å². The van der Waals surface area contributed by atoms with Crippen LogP contribution in [0.25, 0.3) is 0 Å². The quantitative estimate of drug-likeness (QED) is 0.672. The first kappa shape index (κ1) is 10.6. The van der Waals surface area contributed by atoms with Crippen molar-refractivity contribution >= 4 is 29.1 Å². The average Bonchev–Trinajstić information content (AvgIpc) is 2.50. The van der Waals surface area contributed by atoms with Gasteiger partial charge in [-0.25, -0.2) is 4.68 Å². The number of aryl methyl sites for hydroxylation is 1. The van der Waals surface area contributed by atoms with E-state index in [0.29, 0.717) is 5.95 Å². The van der Waals surface area contributed by atoms with Crippen LogP contribution in [-0.2, 0) is 11.8 Å². The molecule has 3 N–H and O–H groups in total. The van der Waals surface area contributed by atoms with Crippen molar-refractivity contribution in [1.82, 2.24) is 14.8 Å². The Morgan fingerprint density at radius 1 is 1.79 bits per heavy atom. The van der Waals surface area contributed by atoms with Gasteiger partial charge in [-0.2, -0.15) is 10.1 Å². The van der Waals surface area contributed by atoms with Crippen LogP contribution in [0.3, 0.4) is 0 Å². The topological polar surface area (TPSA) is 85.8 Å². The van der Waals surface area contributed by atoms with Crippen LogP contribution in [0.1, 0.15) is 6.92 Å². The van der Waals surface area contributed by atoms with Gasteiger partial charge in [0, 0.05) is 7.05 Å². The summed E-state index contributed by atoms with van der Waals surface area (Å²) < 4.78 is 1.45. The van der Waals surface area contributed by atoms with Gasteiger partial charge in [0.05, 0.1) is 10.9 Å². The summed E-state index contributed by atoms with van der Waals surface area (Å²) in [6.45, 7) is 1.63. The first-order valence-corrected chi connectivity index (χ1v) is 4.37. The maximum atomic E-state index is 11.4. The van der Waals surface area contributed by atoms with Crippen molar-refractivity contribution in [2.24, 2.45) is 18.7 Å². The zero-order chi connectivity index (χ0) is 10.7. The number of nitrogens with zero attached hydrogens (tertiary/aromatic N) is 3. The molecular formula is C7H11N5OS. The minimum absolute atomic E-state index is 0.157. The minimum atomic E-state index is -0.512. The van der Waals surface area contributed by atoms with Gasteiger partial charge in [0.2, 0.25) is 11.9 Å². The third-order valence-corrected chi connectivity index (χ3v) is 2.12. The predicted octanol–water partition coefficient (Wildman–Crippen LogP) is -0.324. The molecule has 0 saturated heterocycles. The van der Waals surface area contributed by atoms with Gasteiger partial charge in [-0.15, -0.1) is 0 Å². The Morgan fingerprint density at radius 2 is 2.43 bits per heavy atom. The Hall–Kier alpha value is -1.50. The highest BCUT2D eigenvalue weighted by atomic mass is 32.1. The van der Waals surface area contributed by atoms with E-state index in [1.165, 1.54) is 11.0 Å². The van der Waals surface area contributed by atoms with Crippen molar-refractivity contribution < 1.29 is 4.79 Å². The van der Waals surface area contributed by atoms with E-state index in [9.17, 15) is 4.79 Å². The highest BCUT2D eigenvalue weighted by molar-refractivity contribution is 7.80. The summed E-state index contributed by atoms with van der Waals surface area (Å²) in [5.74, 6) is -0.423. The second-order valence-electron chi connectivity index (χ2n) is 2.82. The Labute approximate surface area is 86.5 Å². The minimum Gasteiger partial charge on any atom is -0.393 e. The molecule has 1 heterocycles. The molecule has 6 nitrogen and oxygen atoms in total. The Kier molecular flexibility index (Phi) is 3.13. The molecule has 1 aromatic rings. The normalized spacial score (nSPS) is 12.1. The van der Waals surface area contributed by atoms with E-state index in [-0.39, 0.29) is 10.9 Å². The molecule has 0 fully saturated rings. The van der Waals surface area contributed by atoms with Crippen LogP contribution in [0.15, 0.2) is 6.33 Å². The lowest BCUT2D eigenvalue weighted by Crippen LogP contribution is -2.31. The summed E-state index contributed by atoms with van der Waals surface area (Å²) in [5, 5.41) is 6.35. The molecule has 14 heavy (non-hydrogen) atoms. The molecule has 0 aliphatic carbocycles. The summed E-state index contributed by atoms with van der Waals surface area (Å²) >= 11 is 4.70. The number of nitrogens with one attached hydrogen (secondary N) is 1. The molecule has 0 aliphatic heterocycles. The Balaban J connectivity index is 2.66. The van der Waals surface area contributed by atoms with E-state index in [0.717, 1.165) is 0 Å². The maximum absolute atomic E-state index is 11.4. The first-order chi connectivity index (χ1) is 6.52. The van der Waals surface area contributed by atoms with Gasteiger partial charge in [0.1, 0.15) is 6.33 Å². The molecular weight excluding hydrogens is 202 g/mol. The number of carbonyl (C=O) groups excluding carboxylic acids is 1. The van der Waals surface area contributed by atoms with Crippen molar-refractivity contribution in [3.8, 4) is 0 Å². The molecule has 1 aromatic heterocycles. The Morgan fingerprint density at radius 3 is 2.86 bits per heavy atom. The summed E-state index contributed by atoms with van der Waals surface area (Å²) in [5.41, 5.74) is 5.33. The van der Waals surface area contributed by atoms with Crippen LogP contribution in [-0.4, -0.2) is 25.7 Å². The number of thiocarbonyl (C=S) groups is 1. The fraction of sp³-hybridized carbons (Fsp3) is 0.429. The summed E-state index contributed by atoms with van der Waals surface area (Å²) in [7, 11) is 1.67. The molecule has 1 atom stereocenters. The van der Waals surface area contributed by atoms with E-state index in [1.807, 2.05) is 0 Å². The number of rotatable bonds is 3. The third-order valence-electron chi connectivity index (χ3n) is 1.77.